The Morgan fingerprint density at radius 1 is 1.35 bits per heavy atom. The molecule has 2 aliphatic rings. The van der Waals surface area contributed by atoms with Gasteiger partial charge in [0, 0.05) is 16.9 Å². The van der Waals surface area contributed by atoms with Gasteiger partial charge in [0.2, 0.25) is 0 Å². The third-order valence-electron chi connectivity index (χ3n) is 4.29. The predicted molar refractivity (Wildman–Crippen MR) is 71.8 cm³/mol. The van der Waals surface area contributed by atoms with Crippen molar-refractivity contribution < 1.29 is 4.39 Å². The molecule has 1 saturated carbocycles. The van der Waals surface area contributed by atoms with E-state index in [1.165, 1.54) is 24.8 Å². The van der Waals surface area contributed by atoms with E-state index in [2.05, 4.69) is 28.2 Å². The van der Waals surface area contributed by atoms with Gasteiger partial charge in [-0.25, -0.2) is 4.39 Å². The summed E-state index contributed by atoms with van der Waals surface area (Å²) in [5, 5.41) is 3.42. The van der Waals surface area contributed by atoms with E-state index in [9.17, 15) is 4.39 Å². The Morgan fingerprint density at radius 3 is 2.88 bits per heavy atom. The molecule has 1 N–H and O–H groups in total. The van der Waals surface area contributed by atoms with Crippen LogP contribution in [0.5, 0.6) is 0 Å². The van der Waals surface area contributed by atoms with E-state index >= 15 is 0 Å². The minimum Gasteiger partial charge on any atom is -0.383 e. The van der Waals surface area contributed by atoms with Crippen LogP contribution < -0.4 is 5.32 Å². The fraction of sp³-hybridized carbons (Fsp3) is 0.571. The Bertz CT molecular complexity index is 446. The lowest BCUT2D eigenvalue weighted by molar-refractivity contribution is 0.441. The summed E-state index contributed by atoms with van der Waals surface area (Å²) in [4.78, 5) is 0. The minimum absolute atomic E-state index is 0.129. The van der Waals surface area contributed by atoms with Crippen LogP contribution in [0.4, 0.5) is 10.1 Å². The second-order valence-corrected chi connectivity index (χ2v) is 6.37. The van der Waals surface area contributed by atoms with Crippen LogP contribution in [0, 0.1) is 17.7 Å². The lowest BCUT2D eigenvalue weighted by Gasteiger charge is -2.18. The highest BCUT2D eigenvalue weighted by molar-refractivity contribution is 9.10. The van der Waals surface area contributed by atoms with Gasteiger partial charge < -0.3 is 5.32 Å². The first kappa shape index (κ1) is 11.5. The molecule has 0 radical (unpaired) electrons. The van der Waals surface area contributed by atoms with E-state index in [4.69, 9.17) is 0 Å². The lowest BCUT2D eigenvalue weighted by Crippen LogP contribution is -2.12. The molecule has 17 heavy (non-hydrogen) atoms. The molecule has 1 aliphatic carbocycles. The largest absolute Gasteiger partial charge is 0.383 e. The fourth-order valence-corrected chi connectivity index (χ4v) is 4.02. The van der Waals surface area contributed by atoms with Gasteiger partial charge in [-0.1, -0.05) is 13.3 Å². The summed E-state index contributed by atoms with van der Waals surface area (Å²) in [5.41, 5.74) is 2.28. The summed E-state index contributed by atoms with van der Waals surface area (Å²) in [5.74, 6) is 1.94. The number of fused-ring (bicyclic) bond motifs is 1. The Morgan fingerprint density at radius 2 is 2.18 bits per heavy atom. The second-order valence-electron chi connectivity index (χ2n) is 5.52. The summed E-state index contributed by atoms with van der Waals surface area (Å²) < 4.78 is 14.4. The van der Waals surface area contributed by atoms with Gasteiger partial charge in [0.25, 0.3) is 0 Å². The Kier molecular flexibility index (Phi) is 2.89. The van der Waals surface area contributed by atoms with Gasteiger partial charge in [0.05, 0.1) is 5.69 Å². The van der Waals surface area contributed by atoms with E-state index < -0.39 is 0 Å². The molecule has 1 aromatic carbocycles. The van der Waals surface area contributed by atoms with Crippen LogP contribution in [0.15, 0.2) is 16.6 Å². The van der Waals surface area contributed by atoms with Crippen molar-refractivity contribution in [3.63, 3.8) is 0 Å². The molecule has 3 unspecified atom stereocenters. The van der Waals surface area contributed by atoms with Gasteiger partial charge >= 0.3 is 0 Å². The van der Waals surface area contributed by atoms with Crippen LogP contribution in [-0.4, -0.2) is 6.54 Å². The first-order valence-electron chi connectivity index (χ1n) is 6.38. The maximum Gasteiger partial charge on any atom is 0.124 e. The number of hydrogen-bond acceptors (Lipinski definition) is 1. The third-order valence-corrected chi connectivity index (χ3v) is 4.91. The van der Waals surface area contributed by atoms with Crippen molar-refractivity contribution in [2.75, 3.05) is 11.9 Å². The lowest BCUT2D eigenvalue weighted by atomic mass is 9.86. The van der Waals surface area contributed by atoms with Crippen LogP contribution in [0.25, 0.3) is 0 Å². The van der Waals surface area contributed by atoms with Crippen molar-refractivity contribution in [2.45, 2.75) is 32.1 Å². The average Bonchev–Trinajstić information content (AvgIpc) is 2.83. The van der Waals surface area contributed by atoms with Crippen molar-refractivity contribution in [1.29, 1.82) is 0 Å². The molecular weight excluding hydrogens is 281 g/mol. The molecule has 1 aliphatic heterocycles. The van der Waals surface area contributed by atoms with E-state index in [0.717, 1.165) is 28.5 Å². The SMILES string of the molecule is CC1CCC(C2CNc3c(Br)cc(F)cc32)C1. The van der Waals surface area contributed by atoms with Gasteiger partial charge in [-0.05, 0) is 58.3 Å². The normalized spacial score (nSPS) is 31.4. The molecule has 3 atom stereocenters. The van der Waals surface area contributed by atoms with Crippen molar-refractivity contribution in [3.8, 4) is 0 Å². The van der Waals surface area contributed by atoms with E-state index in [0.29, 0.717) is 5.92 Å². The molecular formula is C14H17BrFN. The minimum atomic E-state index is -0.129. The van der Waals surface area contributed by atoms with E-state index in [1.807, 2.05) is 0 Å². The maximum atomic E-state index is 13.5. The van der Waals surface area contributed by atoms with Crippen LogP contribution in [0.2, 0.25) is 0 Å². The monoisotopic (exact) mass is 297 g/mol. The predicted octanol–water partition coefficient (Wildman–Crippen LogP) is 4.53. The number of hydrogen-bond donors (Lipinski definition) is 1. The van der Waals surface area contributed by atoms with Crippen LogP contribution in [0.3, 0.4) is 0 Å². The van der Waals surface area contributed by atoms with Crippen LogP contribution >= 0.6 is 15.9 Å². The molecule has 0 amide bonds. The molecule has 3 rings (SSSR count). The summed E-state index contributed by atoms with van der Waals surface area (Å²) in [6.07, 6.45) is 3.91. The second kappa shape index (κ2) is 4.27. The molecule has 3 heteroatoms. The Labute approximate surface area is 110 Å². The summed E-state index contributed by atoms with van der Waals surface area (Å²) >= 11 is 3.44. The molecule has 1 heterocycles. The van der Waals surface area contributed by atoms with Gasteiger partial charge in [-0.15, -0.1) is 0 Å². The topological polar surface area (TPSA) is 12.0 Å². The standard InChI is InChI=1S/C14H17BrFN/c1-8-2-3-9(4-8)12-7-17-14-11(12)5-10(16)6-13(14)15/h5-6,8-9,12,17H,2-4,7H2,1H3. The Hall–Kier alpha value is -0.570. The maximum absolute atomic E-state index is 13.5. The first-order chi connectivity index (χ1) is 8.15. The highest BCUT2D eigenvalue weighted by Crippen LogP contribution is 2.47. The zero-order valence-corrected chi connectivity index (χ0v) is 11.6. The molecule has 92 valence electrons. The van der Waals surface area contributed by atoms with Gasteiger partial charge in [0.1, 0.15) is 5.82 Å². The first-order valence-corrected chi connectivity index (χ1v) is 7.17. The summed E-state index contributed by atoms with van der Waals surface area (Å²) in [7, 11) is 0. The number of rotatable bonds is 1. The summed E-state index contributed by atoms with van der Waals surface area (Å²) in [6.45, 7) is 3.29. The Balaban J connectivity index is 1.93. The van der Waals surface area contributed by atoms with Gasteiger partial charge in [0.15, 0.2) is 0 Å². The number of nitrogens with one attached hydrogen (secondary N) is 1. The van der Waals surface area contributed by atoms with E-state index in [1.54, 1.807) is 12.1 Å². The number of anilines is 1. The quantitative estimate of drug-likeness (QED) is 0.803. The molecule has 0 spiro atoms. The molecule has 0 bridgehead atoms. The van der Waals surface area contributed by atoms with Crippen LogP contribution in [0.1, 0.15) is 37.7 Å². The zero-order chi connectivity index (χ0) is 12.0. The van der Waals surface area contributed by atoms with Crippen molar-refractivity contribution in [1.82, 2.24) is 0 Å². The molecule has 1 fully saturated rings. The number of halogens is 2. The molecule has 0 saturated heterocycles. The van der Waals surface area contributed by atoms with E-state index in [-0.39, 0.29) is 5.82 Å². The highest BCUT2D eigenvalue weighted by atomic mass is 79.9. The van der Waals surface area contributed by atoms with Crippen LogP contribution in [-0.2, 0) is 0 Å². The fourth-order valence-electron chi connectivity index (χ4n) is 3.43. The highest BCUT2D eigenvalue weighted by Gasteiger charge is 2.34. The average molecular weight is 298 g/mol. The zero-order valence-electron chi connectivity index (χ0n) is 9.97. The molecule has 0 aromatic heterocycles. The van der Waals surface area contributed by atoms with Crippen molar-refractivity contribution >= 4 is 21.6 Å². The van der Waals surface area contributed by atoms with Crippen molar-refractivity contribution in [3.05, 3.63) is 28.0 Å². The smallest absolute Gasteiger partial charge is 0.124 e. The summed E-state index contributed by atoms with van der Waals surface area (Å²) in [6, 6.07) is 3.26. The van der Waals surface area contributed by atoms with Crippen molar-refractivity contribution in [2.24, 2.45) is 11.8 Å². The number of benzene rings is 1. The van der Waals surface area contributed by atoms with Gasteiger partial charge in [-0.3, -0.25) is 0 Å². The van der Waals surface area contributed by atoms with Gasteiger partial charge in [-0.2, -0.15) is 0 Å². The third kappa shape index (κ3) is 1.99. The molecule has 1 nitrogen and oxygen atoms in total. The molecule has 1 aromatic rings.